The summed E-state index contributed by atoms with van der Waals surface area (Å²) in [7, 11) is 1.29. The number of aryl methyl sites for hydroxylation is 1. The summed E-state index contributed by atoms with van der Waals surface area (Å²) in [5, 5.41) is 6.77. The number of carbonyl (C=O) groups is 3. The van der Waals surface area contributed by atoms with E-state index < -0.39 is 17.8 Å². The van der Waals surface area contributed by atoms with Gasteiger partial charge in [0, 0.05) is 4.88 Å². The number of nitrogens with zero attached hydrogens (tertiary/aromatic N) is 1. The van der Waals surface area contributed by atoms with E-state index in [2.05, 4.69) is 15.8 Å². The molecule has 1 aliphatic carbocycles. The van der Waals surface area contributed by atoms with Crippen LogP contribution in [0.25, 0.3) is 0 Å². The first-order valence-electron chi connectivity index (χ1n) is 12.3. The van der Waals surface area contributed by atoms with Crippen molar-refractivity contribution in [2.45, 2.75) is 39.2 Å². The second-order valence-corrected chi connectivity index (χ2v) is 9.58. The monoisotopic (exact) mass is 535 g/mol. The zero-order chi connectivity index (χ0) is 26.9. The molecule has 2 aromatic carbocycles. The van der Waals surface area contributed by atoms with Gasteiger partial charge < -0.3 is 19.5 Å². The summed E-state index contributed by atoms with van der Waals surface area (Å²) < 4.78 is 16.5. The lowest BCUT2D eigenvalue weighted by Crippen LogP contribution is -2.32. The van der Waals surface area contributed by atoms with Crippen LogP contribution in [0.3, 0.4) is 0 Å². The van der Waals surface area contributed by atoms with Crippen LogP contribution in [0.5, 0.6) is 11.5 Å². The molecular formula is C28H29N3O6S. The predicted octanol–water partition coefficient (Wildman–Crippen LogP) is 4.48. The number of amides is 2. The third-order valence-electron chi connectivity index (χ3n) is 5.88. The predicted molar refractivity (Wildman–Crippen MR) is 145 cm³/mol. The minimum Gasteiger partial charge on any atom is -0.490 e. The first-order chi connectivity index (χ1) is 18.5. The molecule has 1 aliphatic rings. The highest BCUT2D eigenvalue weighted by atomic mass is 32.1. The van der Waals surface area contributed by atoms with Crippen molar-refractivity contribution < 1.29 is 28.6 Å². The Morgan fingerprint density at radius 2 is 1.79 bits per heavy atom. The molecule has 0 saturated carbocycles. The van der Waals surface area contributed by atoms with Crippen LogP contribution in [0, 0.1) is 0 Å². The van der Waals surface area contributed by atoms with Crippen LogP contribution in [-0.4, -0.2) is 37.7 Å². The van der Waals surface area contributed by atoms with E-state index in [9.17, 15) is 14.4 Å². The normalized spacial score (nSPS) is 12.5. The molecule has 10 heteroatoms. The number of hydrogen-bond donors (Lipinski definition) is 2. The Morgan fingerprint density at radius 1 is 1.00 bits per heavy atom. The molecule has 0 aliphatic heterocycles. The Kier molecular flexibility index (Phi) is 9.10. The van der Waals surface area contributed by atoms with E-state index in [4.69, 9.17) is 14.2 Å². The van der Waals surface area contributed by atoms with E-state index >= 15 is 0 Å². The van der Waals surface area contributed by atoms with E-state index in [0.29, 0.717) is 40.8 Å². The third kappa shape index (κ3) is 6.57. The summed E-state index contributed by atoms with van der Waals surface area (Å²) in [5.74, 6) is -1.30. The molecule has 3 aromatic rings. The van der Waals surface area contributed by atoms with E-state index in [1.54, 1.807) is 18.2 Å². The summed E-state index contributed by atoms with van der Waals surface area (Å²) in [6, 6.07) is 15.0. The zero-order valence-corrected chi connectivity index (χ0v) is 22.1. The fraction of sp³-hybridized carbons (Fsp3) is 0.286. The maximum absolute atomic E-state index is 12.5. The number of hydrogen-bond acceptors (Lipinski definition) is 8. The Balaban J connectivity index is 1.38. The smallest absolute Gasteiger partial charge is 0.341 e. The molecule has 4 rings (SSSR count). The number of fused-ring (bicyclic) bond motifs is 1. The van der Waals surface area contributed by atoms with Gasteiger partial charge >= 0.3 is 17.8 Å². The van der Waals surface area contributed by atoms with Gasteiger partial charge in [-0.1, -0.05) is 30.3 Å². The maximum atomic E-state index is 12.5. The average Bonchev–Trinajstić information content (AvgIpc) is 3.30. The second-order valence-electron chi connectivity index (χ2n) is 8.47. The van der Waals surface area contributed by atoms with Crippen LogP contribution in [0.15, 0.2) is 53.6 Å². The van der Waals surface area contributed by atoms with E-state index in [1.165, 1.54) is 24.7 Å². The number of rotatable bonds is 9. The van der Waals surface area contributed by atoms with Crippen molar-refractivity contribution in [2.75, 3.05) is 19.0 Å². The molecule has 0 atom stereocenters. The van der Waals surface area contributed by atoms with E-state index in [-0.39, 0.29) is 0 Å². The highest BCUT2D eigenvalue weighted by Gasteiger charge is 2.28. The fourth-order valence-corrected chi connectivity index (χ4v) is 5.35. The van der Waals surface area contributed by atoms with Crippen molar-refractivity contribution in [1.29, 1.82) is 0 Å². The molecule has 0 saturated heterocycles. The summed E-state index contributed by atoms with van der Waals surface area (Å²) in [5.41, 5.74) is 5.11. The van der Waals surface area contributed by atoms with Crippen molar-refractivity contribution >= 4 is 40.3 Å². The van der Waals surface area contributed by atoms with E-state index in [1.807, 2.05) is 37.3 Å². The number of hydrazone groups is 1. The number of ether oxygens (including phenoxy) is 3. The highest BCUT2D eigenvalue weighted by Crippen LogP contribution is 2.38. The zero-order valence-electron chi connectivity index (χ0n) is 21.2. The third-order valence-corrected chi connectivity index (χ3v) is 7.09. The Morgan fingerprint density at radius 3 is 2.55 bits per heavy atom. The number of nitrogens with one attached hydrogen (secondary N) is 2. The molecule has 38 heavy (non-hydrogen) atoms. The summed E-state index contributed by atoms with van der Waals surface area (Å²) in [4.78, 5) is 38.3. The van der Waals surface area contributed by atoms with Crippen molar-refractivity contribution in [3.8, 4) is 11.5 Å². The van der Waals surface area contributed by atoms with Gasteiger partial charge in [-0.2, -0.15) is 5.10 Å². The van der Waals surface area contributed by atoms with Crippen LogP contribution in [0.1, 0.15) is 51.7 Å². The Bertz CT molecular complexity index is 1340. The highest BCUT2D eigenvalue weighted by molar-refractivity contribution is 7.17. The van der Waals surface area contributed by atoms with Gasteiger partial charge in [-0.15, -0.1) is 11.3 Å². The number of methoxy groups -OCH3 is 1. The van der Waals surface area contributed by atoms with Crippen molar-refractivity contribution in [3.63, 3.8) is 0 Å². The minimum atomic E-state index is -0.962. The second kappa shape index (κ2) is 12.9. The molecule has 0 radical (unpaired) electrons. The van der Waals surface area contributed by atoms with Crippen LogP contribution in [-0.2, 0) is 33.8 Å². The van der Waals surface area contributed by atoms with Gasteiger partial charge in [0.15, 0.2) is 11.5 Å². The van der Waals surface area contributed by atoms with Crippen molar-refractivity contribution in [1.82, 2.24) is 5.43 Å². The fourth-order valence-electron chi connectivity index (χ4n) is 4.08. The first kappa shape index (κ1) is 26.9. The van der Waals surface area contributed by atoms with E-state index in [0.717, 1.165) is 41.7 Å². The largest absolute Gasteiger partial charge is 0.490 e. The summed E-state index contributed by atoms with van der Waals surface area (Å²) in [6.07, 6.45) is 4.94. The molecule has 9 nitrogen and oxygen atoms in total. The van der Waals surface area contributed by atoms with Crippen LogP contribution in [0.2, 0.25) is 0 Å². The van der Waals surface area contributed by atoms with Gasteiger partial charge in [-0.3, -0.25) is 9.59 Å². The SMILES string of the molecule is CCOc1cc(C=NNC(=O)C(=O)Nc2sc3c(c2C(=O)OC)CCCC3)ccc1OCc1ccccc1. The van der Waals surface area contributed by atoms with Crippen LogP contribution >= 0.6 is 11.3 Å². The number of esters is 1. The Hall–Kier alpha value is -4.18. The average molecular weight is 536 g/mol. The van der Waals surface area contributed by atoms with Gasteiger partial charge in [0.1, 0.15) is 11.6 Å². The molecule has 0 unspecified atom stereocenters. The van der Waals surface area contributed by atoms with Crippen LogP contribution in [0.4, 0.5) is 5.00 Å². The molecule has 0 spiro atoms. The topological polar surface area (TPSA) is 115 Å². The first-order valence-corrected chi connectivity index (χ1v) is 13.1. The lowest BCUT2D eigenvalue weighted by molar-refractivity contribution is -0.136. The molecule has 0 fully saturated rings. The van der Waals surface area contributed by atoms with Crippen molar-refractivity contribution in [2.24, 2.45) is 5.10 Å². The van der Waals surface area contributed by atoms with Crippen LogP contribution < -0.4 is 20.2 Å². The number of anilines is 1. The minimum absolute atomic E-state index is 0.320. The molecule has 2 N–H and O–H groups in total. The lowest BCUT2D eigenvalue weighted by Gasteiger charge is -2.12. The molecule has 1 heterocycles. The van der Waals surface area contributed by atoms with Gasteiger partial charge in [-0.25, -0.2) is 10.2 Å². The lowest BCUT2D eigenvalue weighted by atomic mass is 9.95. The molecule has 198 valence electrons. The number of benzene rings is 2. The maximum Gasteiger partial charge on any atom is 0.341 e. The molecule has 0 bridgehead atoms. The molecular weight excluding hydrogens is 506 g/mol. The van der Waals surface area contributed by atoms with Crippen molar-refractivity contribution in [3.05, 3.63) is 75.7 Å². The molecule has 1 aromatic heterocycles. The standard InChI is InChI=1S/C28H29N3O6S/c1-3-36-22-15-19(13-14-21(22)37-17-18-9-5-4-6-10-18)16-29-31-26(33)25(32)30-27-24(28(34)35-2)20-11-7-8-12-23(20)38-27/h4-6,9-10,13-16H,3,7-8,11-12,17H2,1-2H3,(H,30,32)(H,31,33). The summed E-state index contributed by atoms with van der Waals surface area (Å²) >= 11 is 1.31. The van der Waals surface area contributed by atoms with Gasteiger partial charge in [0.2, 0.25) is 0 Å². The molecule has 2 amide bonds. The quantitative estimate of drug-likeness (QED) is 0.181. The Labute approximate surface area is 224 Å². The number of thiophene rings is 1. The number of carbonyl (C=O) groups excluding carboxylic acids is 3. The van der Waals surface area contributed by atoms with Gasteiger partial charge in [-0.05, 0) is 67.5 Å². The van der Waals surface area contributed by atoms with Gasteiger partial charge in [0.25, 0.3) is 0 Å². The summed E-state index contributed by atoms with van der Waals surface area (Å²) in [6.45, 7) is 2.71. The van der Waals surface area contributed by atoms with Gasteiger partial charge in [0.05, 0.1) is 25.5 Å².